The van der Waals surface area contributed by atoms with E-state index in [1.807, 2.05) is 0 Å². The van der Waals surface area contributed by atoms with Gasteiger partial charge in [-0.2, -0.15) is 0 Å². The molecule has 0 spiro atoms. The van der Waals surface area contributed by atoms with Crippen LogP contribution < -0.4 is 0 Å². The Morgan fingerprint density at radius 2 is 0.575 bits per heavy atom. The Morgan fingerprint density at radius 1 is 0.325 bits per heavy atom. The summed E-state index contributed by atoms with van der Waals surface area (Å²) < 4.78 is 0. The van der Waals surface area contributed by atoms with E-state index in [-0.39, 0.29) is 0 Å². The maximum absolute atomic E-state index is 2.69. The van der Waals surface area contributed by atoms with Gasteiger partial charge in [0.05, 0.1) is 0 Å². The Labute approximate surface area is 254 Å². The largest absolute Gasteiger partial charge is 0.356 e. The molecule has 2 heteroatoms. The first-order valence-corrected chi connectivity index (χ1v) is 19.0. The summed E-state index contributed by atoms with van der Waals surface area (Å²) in [5.74, 6) is 0. The third-order valence-corrected chi connectivity index (χ3v) is 9.32. The van der Waals surface area contributed by atoms with Crippen molar-refractivity contribution in [3.8, 4) is 0 Å². The third-order valence-electron chi connectivity index (χ3n) is 9.32. The minimum Gasteiger partial charge on any atom is -0.356 e. The van der Waals surface area contributed by atoms with Crippen molar-refractivity contribution in [1.82, 2.24) is 9.80 Å². The standard InChI is InChI=1S/C38H76N2/c1-4-7-10-12-14-16-17-18-19-20-21-22-23-25-27-29-32-35-40-37-36-39(38(40)33-30-9-6-3)34-31-28-26-24-15-13-11-8-5-2/h36-38H,4-35H2,1-3H3. The van der Waals surface area contributed by atoms with E-state index in [2.05, 4.69) is 43.0 Å². The molecule has 1 aliphatic rings. The van der Waals surface area contributed by atoms with Crippen LogP contribution in [0.1, 0.15) is 213 Å². The van der Waals surface area contributed by atoms with E-state index in [1.54, 1.807) is 0 Å². The monoisotopic (exact) mass is 561 g/mol. The molecular formula is C38H76N2. The van der Waals surface area contributed by atoms with E-state index in [9.17, 15) is 0 Å². The molecule has 0 aromatic carbocycles. The number of hydrogen-bond donors (Lipinski definition) is 0. The van der Waals surface area contributed by atoms with Gasteiger partial charge in [0.15, 0.2) is 0 Å². The molecule has 0 radical (unpaired) electrons. The summed E-state index contributed by atoms with van der Waals surface area (Å²) in [5, 5.41) is 0. The maximum atomic E-state index is 2.69. The van der Waals surface area contributed by atoms with Gasteiger partial charge in [0.25, 0.3) is 0 Å². The molecule has 0 amide bonds. The fourth-order valence-electron chi connectivity index (χ4n) is 6.54. The Kier molecular flexibility index (Phi) is 27.9. The first-order chi connectivity index (χ1) is 19.8. The van der Waals surface area contributed by atoms with E-state index in [0.717, 1.165) is 0 Å². The average Bonchev–Trinajstić information content (AvgIpc) is 3.35. The molecule has 238 valence electrons. The third kappa shape index (κ3) is 22.0. The van der Waals surface area contributed by atoms with Crippen molar-refractivity contribution in [2.75, 3.05) is 13.1 Å². The highest BCUT2D eigenvalue weighted by Crippen LogP contribution is 2.23. The molecule has 0 aliphatic carbocycles. The summed E-state index contributed by atoms with van der Waals surface area (Å²) in [4.78, 5) is 5.37. The number of rotatable bonds is 32. The van der Waals surface area contributed by atoms with Crippen molar-refractivity contribution in [2.24, 2.45) is 0 Å². The van der Waals surface area contributed by atoms with Crippen LogP contribution in [0.5, 0.6) is 0 Å². The molecule has 1 aliphatic heterocycles. The average molecular weight is 561 g/mol. The van der Waals surface area contributed by atoms with Crippen LogP contribution in [-0.2, 0) is 0 Å². The van der Waals surface area contributed by atoms with Crippen LogP contribution in [-0.4, -0.2) is 29.1 Å². The highest BCUT2D eigenvalue weighted by atomic mass is 15.4. The van der Waals surface area contributed by atoms with Crippen LogP contribution in [0.2, 0.25) is 0 Å². The van der Waals surface area contributed by atoms with Crippen molar-refractivity contribution < 1.29 is 0 Å². The molecule has 0 fully saturated rings. The lowest BCUT2D eigenvalue weighted by Crippen LogP contribution is -2.39. The minimum atomic E-state index is 0.640. The second-order valence-corrected chi connectivity index (χ2v) is 13.2. The molecular weight excluding hydrogens is 484 g/mol. The zero-order valence-electron chi connectivity index (χ0n) is 28.3. The summed E-state index contributed by atoms with van der Waals surface area (Å²) in [7, 11) is 0. The molecule has 0 N–H and O–H groups in total. The normalized spacial score (nSPS) is 15.1. The smallest absolute Gasteiger partial charge is 0.101 e. The van der Waals surface area contributed by atoms with Crippen LogP contribution in [0.3, 0.4) is 0 Å². The van der Waals surface area contributed by atoms with Crippen molar-refractivity contribution in [2.45, 2.75) is 220 Å². The lowest BCUT2D eigenvalue weighted by Gasteiger charge is -2.33. The Bertz CT molecular complexity index is 516. The Hall–Kier alpha value is -0.660. The van der Waals surface area contributed by atoms with Crippen LogP contribution >= 0.6 is 0 Å². The maximum Gasteiger partial charge on any atom is 0.101 e. The van der Waals surface area contributed by atoms with Crippen LogP contribution in [0.25, 0.3) is 0 Å². The van der Waals surface area contributed by atoms with E-state index in [0.29, 0.717) is 6.17 Å². The first-order valence-electron chi connectivity index (χ1n) is 19.0. The van der Waals surface area contributed by atoms with Gasteiger partial charge in [-0.3, -0.25) is 0 Å². The molecule has 0 aromatic heterocycles. The molecule has 0 saturated heterocycles. The molecule has 0 bridgehead atoms. The van der Waals surface area contributed by atoms with Gasteiger partial charge >= 0.3 is 0 Å². The van der Waals surface area contributed by atoms with Crippen molar-refractivity contribution in [3.05, 3.63) is 12.4 Å². The number of unbranched alkanes of at least 4 members (excludes halogenated alkanes) is 26. The fraction of sp³-hybridized carbons (Fsp3) is 0.947. The Balaban J connectivity index is 2.02. The molecule has 1 heterocycles. The molecule has 1 unspecified atom stereocenters. The summed E-state index contributed by atoms with van der Waals surface area (Å²) >= 11 is 0. The highest BCUT2D eigenvalue weighted by molar-refractivity contribution is 4.97. The topological polar surface area (TPSA) is 6.48 Å². The van der Waals surface area contributed by atoms with Gasteiger partial charge in [0.2, 0.25) is 0 Å². The fourth-order valence-corrected chi connectivity index (χ4v) is 6.54. The second kappa shape index (κ2) is 29.8. The van der Waals surface area contributed by atoms with E-state index >= 15 is 0 Å². The predicted molar refractivity (Wildman–Crippen MR) is 182 cm³/mol. The molecule has 1 rings (SSSR count). The summed E-state index contributed by atoms with van der Waals surface area (Å²) in [6.45, 7) is 9.48. The van der Waals surface area contributed by atoms with Crippen molar-refractivity contribution in [3.63, 3.8) is 0 Å². The Morgan fingerprint density at radius 3 is 0.875 bits per heavy atom. The van der Waals surface area contributed by atoms with E-state index in [4.69, 9.17) is 0 Å². The van der Waals surface area contributed by atoms with Crippen LogP contribution in [0, 0.1) is 0 Å². The van der Waals surface area contributed by atoms with Gasteiger partial charge in [0.1, 0.15) is 6.17 Å². The molecule has 0 aromatic rings. The number of hydrogen-bond acceptors (Lipinski definition) is 2. The van der Waals surface area contributed by atoms with Crippen molar-refractivity contribution >= 4 is 0 Å². The molecule has 40 heavy (non-hydrogen) atoms. The molecule has 0 saturated carbocycles. The van der Waals surface area contributed by atoms with E-state index in [1.165, 1.54) is 206 Å². The molecule has 2 nitrogen and oxygen atoms in total. The predicted octanol–water partition coefficient (Wildman–Crippen LogP) is 13.2. The zero-order valence-corrected chi connectivity index (χ0v) is 28.3. The summed E-state index contributed by atoms with van der Waals surface area (Å²) in [6.07, 6.45) is 48.5. The lowest BCUT2D eigenvalue weighted by molar-refractivity contribution is 0.135. The van der Waals surface area contributed by atoms with Gasteiger partial charge in [-0.1, -0.05) is 188 Å². The van der Waals surface area contributed by atoms with Gasteiger partial charge in [-0.05, 0) is 25.7 Å². The summed E-state index contributed by atoms with van der Waals surface area (Å²) in [5.41, 5.74) is 0. The summed E-state index contributed by atoms with van der Waals surface area (Å²) in [6, 6.07) is 0. The van der Waals surface area contributed by atoms with Crippen LogP contribution in [0.4, 0.5) is 0 Å². The quantitative estimate of drug-likeness (QED) is 0.0755. The van der Waals surface area contributed by atoms with Gasteiger partial charge in [-0.15, -0.1) is 0 Å². The minimum absolute atomic E-state index is 0.640. The van der Waals surface area contributed by atoms with E-state index < -0.39 is 0 Å². The molecule has 1 atom stereocenters. The number of nitrogens with zero attached hydrogens (tertiary/aromatic N) is 2. The second-order valence-electron chi connectivity index (χ2n) is 13.2. The van der Waals surface area contributed by atoms with Gasteiger partial charge in [-0.25, -0.2) is 0 Å². The van der Waals surface area contributed by atoms with Crippen LogP contribution in [0.15, 0.2) is 12.4 Å². The highest BCUT2D eigenvalue weighted by Gasteiger charge is 2.24. The zero-order chi connectivity index (χ0) is 28.8. The van der Waals surface area contributed by atoms with Gasteiger partial charge < -0.3 is 9.80 Å². The first kappa shape index (κ1) is 37.4. The SMILES string of the molecule is CCCCCCCCCCCCCCCCCCCN1C=CN(CCCCCCCCCCC)C1CCCCC. The van der Waals surface area contributed by atoms with Gasteiger partial charge in [0, 0.05) is 25.5 Å². The lowest BCUT2D eigenvalue weighted by atomic mass is 10.0. The van der Waals surface area contributed by atoms with Crippen molar-refractivity contribution in [1.29, 1.82) is 0 Å².